The first-order valence-electron chi connectivity index (χ1n) is 6.89. The molecule has 0 bridgehead atoms. The van der Waals surface area contributed by atoms with Crippen molar-refractivity contribution in [2.45, 2.75) is 38.8 Å². The maximum Gasteiger partial charge on any atom is 0.142 e. The summed E-state index contributed by atoms with van der Waals surface area (Å²) in [6.45, 7) is 5.84. The summed E-state index contributed by atoms with van der Waals surface area (Å²) in [5.74, 6) is 0.125. The monoisotopic (exact) mass is 285 g/mol. The van der Waals surface area contributed by atoms with Crippen molar-refractivity contribution < 1.29 is 9.13 Å². The number of halogens is 2. The average molecular weight is 286 g/mol. The van der Waals surface area contributed by atoms with E-state index in [1.54, 1.807) is 6.07 Å². The fraction of sp³-hybridized carbons (Fsp3) is 0.600. The molecule has 1 aliphatic heterocycles. The molecule has 0 aliphatic carbocycles. The van der Waals surface area contributed by atoms with Crippen molar-refractivity contribution in [1.29, 1.82) is 0 Å². The Morgan fingerprint density at radius 3 is 2.95 bits per heavy atom. The first kappa shape index (κ1) is 14.8. The highest BCUT2D eigenvalue weighted by atomic mass is 35.5. The molecule has 1 saturated heterocycles. The van der Waals surface area contributed by atoms with E-state index in [2.05, 4.69) is 19.2 Å². The van der Waals surface area contributed by atoms with Crippen LogP contribution < -0.4 is 5.32 Å². The molecule has 19 heavy (non-hydrogen) atoms. The number of hydrogen-bond donors (Lipinski definition) is 1. The van der Waals surface area contributed by atoms with Crippen LogP contribution in [-0.4, -0.2) is 25.3 Å². The van der Waals surface area contributed by atoms with Crippen LogP contribution in [-0.2, 0) is 11.2 Å². The standard InChI is InChI=1S/C15H21ClFNO/c1-3-18-14(12-7-10(2)19-9-12)8-11-5-4-6-13(17)15(11)16/h4-6,10,12,14,18H,3,7-9H2,1-2H3. The Balaban J connectivity index is 2.09. The first-order chi connectivity index (χ1) is 9.11. The molecule has 2 nitrogen and oxygen atoms in total. The van der Waals surface area contributed by atoms with Crippen LogP contribution in [0.1, 0.15) is 25.8 Å². The minimum Gasteiger partial charge on any atom is -0.378 e. The van der Waals surface area contributed by atoms with E-state index in [9.17, 15) is 4.39 Å². The molecule has 1 aromatic rings. The van der Waals surface area contributed by atoms with Gasteiger partial charge in [0.2, 0.25) is 0 Å². The lowest BCUT2D eigenvalue weighted by Gasteiger charge is -2.24. The normalized spacial score (nSPS) is 24.6. The van der Waals surface area contributed by atoms with E-state index in [-0.39, 0.29) is 16.9 Å². The second-order valence-corrected chi connectivity index (χ2v) is 5.60. The molecule has 1 fully saturated rings. The van der Waals surface area contributed by atoms with Gasteiger partial charge in [-0.15, -0.1) is 0 Å². The van der Waals surface area contributed by atoms with Crippen molar-refractivity contribution in [3.63, 3.8) is 0 Å². The number of nitrogens with one attached hydrogen (secondary N) is 1. The first-order valence-corrected chi connectivity index (χ1v) is 7.27. The molecule has 1 N–H and O–H groups in total. The van der Waals surface area contributed by atoms with Gasteiger partial charge >= 0.3 is 0 Å². The molecule has 0 saturated carbocycles. The summed E-state index contributed by atoms with van der Waals surface area (Å²) in [6.07, 6.45) is 2.10. The van der Waals surface area contributed by atoms with Gasteiger partial charge in [0, 0.05) is 12.0 Å². The molecule has 106 valence electrons. The van der Waals surface area contributed by atoms with Crippen LogP contribution in [0.5, 0.6) is 0 Å². The molecule has 3 atom stereocenters. The van der Waals surface area contributed by atoms with Crippen molar-refractivity contribution in [3.05, 3.63) is 34.6 Å². The summed E-state index contributed by atoms with van der Waals surface area (Å²) < 4.78 is 19.1. The zero-order valence-corrected chi connectivity index (χ0v) is 12.2. The Hall–Kier alpha value is -0.640. The van der Waals surface area contributed by atoms with Gasteiger partial charge < -0.3 is 10.1 Å². The van der Waals surface area contributed by atoms with E-state index in [4.69, 9.17) is 16.3 Å². The topological polar surface area (TPSA) is 21.3 Å². The molecular formula is C15H21ClFNO. The predicted molar refractivity (Wildman–Crippen MR) is 76.1 cm³/mol. The molecule has 0 radical (unpaired) electrons. The molecule has 4 heteroatoms. The molecule has 1 aromatic carbocycles. The third kappa shape index (κ3) is 3.68. The van der Waals surface area contributed by atoms with Gasteiger partial charge in [-0.25, -0.2) is 4.39 Å². The van der Waals surface area contributed by atoms with Crippen LogP contribution in [0.25, 0.3) is 0 Å². The van der Waals surface area contributed by atoms with Crippen molar-refractivity contribution >= 4 is 11.6 Å². The molecule has 0 aromatic heterocycles. The average Bonchev–Trinajstić information content (AvgIpc) is 2.81. The summed E-state index contributed by atoms with van der Waals surface area (Å²) in [5.41, 5.74) is 0.868. The third-order valence-electron chi connectivity index (χ3n) is 3.74. The number of rotatable bonds is 5. The van der Waals surface area contributed by atoms with Crippen LogP contribution in [0.4, 0.5) is 4.39 Å². The lowest BCUT2D eigenvalue weighted by Crippen LogP contribution is -2.38. The van der Waals surface area contributed by atoms with Gasteiger partial charge in [-0.1, -0.05) is 30.7 Å². The number of benzene rings is 1. The molecule has 1 aliphatic rings. The Kier molecular flexibility index (Phi) is 5.20. The highest BCUT2D eigenvalue weighted by Crippen LogP contribution is 2.27. The smallest absolute Gasteiger partial charge is 0.142 e. The summed E-state index contributed by atoms with van der Waals surface area (Å²) in [6, 6.07) is 5.30. The number of likely N-dealkylation sites (N-methyl/N-ethyl adjacent to an activating group) is 1. The largest absolute Gasteiger partial charge is 0.378 e. The van der Waals surface area contributed by atoms with E-state index in [1.165, 1.54) is 6.07 Å². The van der Waals surface area contributed by atoms with Gasteiger partial charge in [-0.05, 0) is 37.9 Å². The summed E-state index contributed by atoms with van der Waals surface area (Å²) >= 11 is 6.04. The SMILES string of the molecule is CCNC(Cc1cccc(F)c1Cl)C1COC(C)C1. The quantitative estimate of drug-likeness (QED) is 0.895. The van der Waals surface area contributed by atoms with Crippen LogP contribution in [0.3, 0.4) is 0 Å². The zero-order chi connectivity index (χ0) is 13.8. The Bertz CT molecular complexity index is 427. The lowest BCUT2D eigenvalue weighted by atomic mass is 9.91. The molecule has 0 amide bonds. The summed E-state index contributed by atoms with van der Waals surface area (Å²) in [5, 5.41) is 3.73. The van der Waals surface area contributed by atoms with Crippen molar-refractivity contribution in [3.8, 4) is 0 Å². The predicted octanol–water partition coefficient (Wildman–Crippen LogP) is 3.42. The summed E-state index contributed by atoms with van der Waals surface area (Å²) in [4.78, 5) is 0. The fourth-order valence-corrected chi connectivity index (χ4v) is 2.94. The number of ether oxygens (including phenoxy) is 1. The van der Waals surface area contributed by atoms with Crippen LogP contribution in [0, 0.1) is 11.7 Å². The van der Waals surface area contributed by atoms with Gasteiger partial charge in [-0.3, -0.25) is 0 Å². The van der Waals surface area contributed by atoms with E-state index in [1.807, 2.05) is 6.07 Å². The third-order valence-corrected chi connectivity index (χ3v) is 4.16. The van der Waals surface area contributed by atoms with E-state index in [0.717, 1.165) is 31.6 Å². The lowest BCUT2D eigenvalue weighted by molar-refractivity contribution is 0.117. The van der Waals surface area contributed by atoms with E-state index in [0.29, 0.717) is 12.0 Å². The van der Waals surface area contributed by atoms with Crippen LogP contribution >= 0.6 is 11.6 Å². The van der Waals surface area contributed by atoms with Gasteiger partial charge in [0.05, 0.1) is 17.7 Å². The molecular weight excluding hydrogens is 265 g/mol. The minimum absolute atomic E-state index is 0.248. The Labute approximate surface area is 119 Å². The van der Waals surface area contributed by atoms with Gasteiger partial charge in [-0.2, -0.15) is 0 Å². The molecule has 2 rings (SSSR count). The fourth-order valence-electron chi connectivity index (χ4n) is 2.74. The second kappa shape index (κ2) is 6.69. The minimum atomic E-state index is -0.342. The zero-order valence-electron chi connectivity index (χ0n) is 11.5. The van der Waals surface area contributed by atoms with Crippen molar-refractivity contribution in [1.82, 2.24) is 5.32 Å². The van der Waals surface area contributed by atoms with Gasteiger partial charge in [0.15, 0.2) is 0 Å². The Morgan fingerprint density at radius 1 is 1.53 bits per heavy atom. The second-order valence-electron chi connectivity index (χ2n) is 5.22. The van der Waals surface area contributed by atoms with Gasteiger partial charge in [0.1, 0.15) is 5.82 Å². The molecule has 1 heterocycles. The van der Waals surface area contributed by atoms with E-state index < -0.39 is 0 Å². The van der Waals surface area contributed by atoms with Gasteiger partial charge in [0.25, 0.3) is 0 Å². The highest BCUT2D eigenvalue weighted by Gasteiger charge is 2.29. The molecule has 0 spiro atoms. The number of hydrogen-bond acceptors (Lipinski definition) is 2. The highest BCUT2D eigenvalue weighted by molar-refractivity contribution is 6.31. The summed E-state index contributed by atoms with van der Waals surface area (Å²) in [7, 11) is 0. The maximum absolute atomic E-state index is 13.5. The van der Waals surface area contributed by atoms with Crippen LogP contribution in [0.2, 0.25) is 5.02 Å². The maximum atomic E-state index is 13.5. The van der Waals surface area contributed by atoms with E-state index >= 15 is 0 Å². The Morgan fingerprint density at radius 2 is 2.32 bits per heavy atom. The van der Waals surface area contributed by atoms with Crippen molar-refractivity contribution in [2.24, 2.45) is 5.92 Å². The molecule has 3 unspecified atom stereocenters. The van der Waals surface area contributed by atoms with Crippen LogP contribution in [0.15, 0.2) is 18.2 Å². The van der Waals surface area contributed by atoms with Crippen molar-refractivity contribution in [2.75, 3.05) is 13.2 Å².